The number of rotatable bonds is 5. The van der Waals surface area contributed by atoms with Gasteiger partial charge in [-0.05, 0) is 29.8 Å². The first-order valence-electron chi connectivity index (χ1n) is 5.31. The molecule has 0 saturated carbocycles. The van der Waals surface area contributed by atoms with Crippen LogP contribution in [-0.2, 0) is 0 Å². The molecule has 0 aliphatic rings. The van der Waals surface area contributed by atoms with Crippen molar-refractivity contribution in [3.05, 3.63) is 40.9 Å². The lowest BCUT2D eigenvalue weighted by atomic mass is 10.2. The fourth-order valence-electron chi connectivity index (χ4n) is 1.28. The number of hydrogen-bond acceptors (Lipinski definition) is 6. The fourth-order valence-corrected chi connectivity index (χ4v) is 1.91. The van der Waals surface area contributed by atoms with Crippen molar-refractivity contribution >= 4 is 28.7 Å². The zero-order valence-electron chi connectivity index (χ0n) is 10.0. The van der Waals surface area contributed by atoms with Crippen LogP contribution in [0.25, 0.3) is 0 Å². The van der Waals surface area contributed by atoms with Crippen LogP contribution in [0.3, 0.4) is 0 Å². The van der Waals surface area contributed by atoms with E-state index in [4.69, 9.17) is 9.84 Å². The fraction of sp³-hybridized carbons (Fsp3) is 0.0833. The van der Waals surface area contributed by atoms with E-state index >= 15 is 0 Å². The lowest BCUT2D eigenvalue weighted by Gasteiger charge is -1.98. The second-order valence-electron chi connectivity index (χ2n) is 3.49. The standard InChI is InChI=1S/C12H11N3O3S/c1-18-9-4-2-8(3-5-9)6-13-15-12-14-10(7-19-12)11(16)17/h2-7H,1H3,(H,14,15)(H,16,17). The average Bonchev–Trinajstić information content (AvgIpc) is 2.89. The normalized spacial score (nSPS) is 10.6. The van der Waals surface area contributed by atoms with Gasteiger partial charge in [0.05, 0.1) is 13.3 Å². The van der Waals surface area contributed by atoms with Crippen LogP contribution in [0.5, 0.6) is 5.75 Å². The zero-order chi connectivity index (χ0) is 13.7. The van der Waals surface area contributed by atoms with Crippen molar-refractivity contribution in [3.8, 4) is 5.75 Å². The Morgan fingerprint density at radius 1 is 1.47 bits per heavy atom. The Hall–Kier alpha value is -2.41. The molecule has 0 spiro atoms. The molecule has 0 radical (unpaired) electrons. The van der Waals surface area contributed by atoms with Crippen LogP contribution >= 0.6 is 11.3 Å². The van der Waals surface area contributed by atoms with E-state index in [1.54, 1.807) is 13.3 Å². The van der Waals surface area contributed by atoms with Crippen molar-refractivity contribution in [1.82, 2.24) is 4.98 Å². The molecule has 7 heteroatoms. The summed E-state index contributed by atoms with van der Waals surface area (Å²) in [5, 5.41) is 14.6. The van der Waals surface area contributed by atoms with Crippen molar-refractivity contribution in [2.24, 2.45) is 5.10 Å². The van der Waals surface area contributed by atoms with Gasteiger partial charge in [-0.25, -0.2) is 9.78 Å². The van der Waals surface area contributed by atoms with Crippen LogP contribution in [0, 0.1) is 0 Å². The average molecular weight is 277 g/mol. The molecule has 0 bridgehead atoms. The summed E-state index contributed by atoms with van der Waals surface area (Å²) in [6.45, 7) is 0. The topological polar surface area (TPSA) is 83.8 Å². The van der Waals surface area contributed by atoms with Crippen molar-refractivity contribution in [2.45, 2.75) is 0 Å². The van der Waals surface area contributed by atoms with Crippen molar-refractivity contribution < 1.29 is 14.6 Å². The summed E-state index contributed by atoms with van der Waals surface area (Å²) in [5.41, 5.74) is 3.58. The van der Waals surface area contributed by atoms with E-state index in [9.17, 15) is 4.79 Å². The molecule has 98 valence electrons. The lowest BCUT2D eigenvalue weighted by molar-refractivity contribution is 0.0691. The zero-order valence-corrected chi connectivity index (χ0v) is 10.8. The SMILES string of the molecule is COc1ccc(C=NNc2nc(C(=O)O)cs2)cc1. The molecule has 1 aromatic carbocycles. The molecule has 1 aromatic heterocycles. The minimum atomic E-state index is -1.05. The maximum Gasteiger partial charge on any atom is 0.355 e. The van der Waals surface area contributed by atoms with E-state index in [0.717, 1.165) is 11.3 Å². The summed E-state index contributed by atoms with van der Waals surface area (Å²) in [5.74, 6) is -0.278. The van der Waals surface area contributed by atoms with Crippen molar-refractivity contribution in [1.29, 1.82) is 0 Å². The predicted octanol–water partition coefficient (Wildman–Crippen LogP) is 2.30. The number of hydrazone groups is 1. The molecule has 2 rings (SSSR count). The van der Waals surface area contributed by atoms with Gasteiger partial charge in [0.15, 0.2) is 5.69 Å². The van der Waals surface area contributed by atoms with Gasteiger partial charge in [-0.15, -0.1) is 11.3 Å². The number of nitrogens with one attached hydrogen (secondary N) is 1. The summed E-state index contributed by atoms with van der Waals surface area (Å²) in [7, 11) is 1.60. The monoisotopic (exact) mass is 277 g/mol. The smallest absolute Gasteiger partial charge is 0.355 e. The van der Waals surface area contributed by atoms with Gasteiger partial charge in [-0.3, -0.25) is 5.43 Å². The van der Waals surface area contributed by atoms with Gasteiger partial charge in [-0.2, -0.15) is 5.10 Å². The third-order valence-electron chi connectivity index (χ3n) is 2.21. The number of nitrogens with zero attached hydrogens (tertiary/aromatic N) is 2. The van der Waals surface area contributed by atoms with E-state index in [1.165, 1.54) is 16.7 Å². The summed E-state index contributed by atoms with van der Waals surface area (Å²) in [4.78, 5) is 14.5. The van der Waals surface area contributed by atoms with Gasteiger partial charge in [0.25, 0.3) is 0 Å². The maximum atomic E-state index is 10.6. The largest absolute Gasteiger partial charge is 0.497 e. The molecule has 6 nitrogen and oxygen atoms in total. The van der Waals surface area contributed by atoms with E-state index < -0.39 is 5.97 Å². The third kappa shape index (κ3) is 3.52. The molecule has 1 heterocycles. The Kier molecular flexibility index (Phi) is 4.09. The Morgan fingerprint density at radius 2 is 2.21 bits per heavy atom. The molecule has 2 N–H and O–H groups in total. The van der Waals surface area contributed by atoms with Crippen LogP contribution in [-0.4, -0.2) is 29.4 Å². The van der Waals surface area contributed by atoms with Gasteiger partial charge in [0, 0.05) is 5.38 Å². The number of ether oxygens (including phenoxy) is 1. The minimum absolute atomic E-state index is 0.00662. The first kappa shape index (κ1) is 13.0. The number of hydrogen-bond donors (Lipinski definition) is 2. The molecule has 19 heavy (non-hydrogen) atoms. The molecular formula is C12H11N3O3S. The number of aromatic carboxylic acids is 1. The van der Waals surface area contributed by atoms with Crippen LogP contribution in [0.4, 0.5) is 5.13 Å². The summed E-state index contributed by atoms with van der Waals surface area (Å²) < 4.78 is 5.04. The molecule has 0 amide bonds. The highest BCUT2D eigenvalue weighted by Crippen LogP contribution is 2.15. The van der Waals surface area contributed by atoms with Crippen LogP contribution in [0.1, 0.15) is 16.1 Å². The van der Waals surface area contributed by atoms with Crippen LogP contribution in [0.15, 0.2) is 34.7 Å². The number of carboxylic acids is 1. The second kappa shape index (κ2) is 5.96. The molecule has 0 fully saturated rings. The van der Waals surface area contributed by atoms with Crippen LogP contribution < -0.4 is 10.2 Å². The molecule has 0 aliphatic carbocycles. The Morgan fingerprint density at radius 3 is 2.79 bits per heavy atom. The minimum Gasteiger partial charge on any atom is -0.497 e. The number of thiazole rings is 1. The lowest BCUT2D eigenvalue weighted by Crippen LogP contribution is -1.97. The van der Waals surface area contributed by atoms with Gasteiger partial charge in [-0.1, -0.05) is 0 Å². The number of anilines is 1. The molecular weight excluding hydrogens is 266 g/mol. The first-order chi connectivity index (χ1) is 9.19. The highest BCUT2D eigenvalue weighted by Gasteiger charge is 2.07. The number of methoxy groups -OCH3 is 1. The number of carboxylic acid groups (broad SMARTS) is 1. The van der Waals surface area contributed by atoms with E-state index in [2.05, 4.69) is 15.5 Å². The molecule has 0 aliphatic heterocycles. The Balaban J connectivity index is 1.96. The highest BCUT2D eigenvalue weighted by molar-refractivity contribution is 7.13. The number of aromatic nitrogens is 1. The van der Waals surface area contributed by atoms with Crippen molar-refractivity contribution in [3.63, 3.8) is 0 Å². The quantitative estimate of drug-likeness (QED) is 0.647. The predicted molar refractivity (Wildman–Crippen MR) is 73.3 cm³/mol. The molecule has 0 unspecified atom stereocenters. The molecule has 2 aromatic rings. The van der Waals surface area contributed by atoms with E-state index in [-0.39, 0.29) is 5.69 Å². The van der Waals surface area contributed by atoms with Crippen LogP contribution in [0.2, 0.25) is 0 Å². The Bertz CT molecular complexity index is 593. The van der Waals surface area contributed by atoms with Gasteiger partial charge < -0.3 is 9.84 Å². The highest BCUT2D eigenvalue weighted by atomic mass is 32.1. The maximum absolute atomic E-state index is 10.6. The third-order valence-corrected chi connectivity index (χ3v) is 2.96. The summed E-state index contributed by atoms with van der Waals surface area (Å²) in [6.07, 6.45) is 1.61. The van der Waals surface area contributed by atoms with Crippen molar-refractivity contribution in [2.75, 3.05) is 12.5 Å². The van der Waals surface area contributed by atoms with Gasteiger partial charge in [0.1, 0.15) is 5.75 Å². The molecule has 0 atom stereocenters. The summed E-state index contributed by atoms with van der Waals surface area (Å²) in [6, 6.07) is 7.36. The van der Waals surface area contributed by atoms with E-state index in [0.29, 0.717) is 5.13 Å². The van der Waals surface area contributed by atoms with E-state index in [1.807, 2.05) is 24.3 Å². The summed E-state index contributed by atoms with van der Waals surface area (Å²) >= 11 is 1.18. The number of benzene rings is 1. The Labute approximate surface area is 113 Å². The first-order valence-corrected chi connectivity index (χ1v) is 6.19. The second-order valence-corrected chi connectivity index (χ2v) is 4.34. The van der Waals surface area contributed by atoms with Gasteiger partial charge >= 0.3 is 5.97 Å². The van der Waals surface area contributed by atoms with Gasteiger partial charge in [0.2, 0.25) is 5.13 Å². The number of carbonyl (C=O) groups is 1. The molecule has 0 saturated heterocycles.